The van der Waals surface area contributed by atoms with Crippen molar-refractivity contribution >= 4 is 22.6 Å². The van der Waals surface area contributed by atoms with E-state index in [4.69, 9.17) is 0 Å². The number of ether oxygens (including phenoxy) is 1. The summed E-state index contributed by atoms with van der Waals surface area (Å²) in [4.78, 5) is 14.6. The van der Waals surface area contributed by atoms with Crippen molar-refractivity contribution in [2.75, 3.05) is 12.4 Å². The lowest BCUT2D eigenvalue weighted by Gasteiger charge is -1.96. The van der Waals surface area contributed by atoms with Crippen molar-refractivity contribution < 1.29 is 9.53 Å². The summed E-state index contributed by atoms with van der Waals surface area (Å²) in [5.41, 5.74) is 0.890. The lowest BCUT2D eigenvalue weighted by atomic mass is 10.6. The highest BCUT2D eigenvalue weighted by Gasteiger charge is 2.02. The number of amides is 1. The number of aromatic nitrogens is 1. The number of nitrogens with one attached hydrogen (secondary N) is 1. The van der Waals surface area contributed by atoms with Gasteiger partial charge >= 0.3 is 6.09 Å². The fraction of sp³-hybridized carbons (Fsp3) is 0.333. The number of carbonyl (C=O) groups excluding carboxylic acids is 1. The van der Waals surface area contributed by atoms with Crippen molar-refractivity contribution in [1.82, 2.24) is 4.98 Å². The topological polar surface area (TPSA) is 51.2 Å². The first kappa shape index (κ1) is 8.00. The quantitative estimate of drug-likeness (QED) is 0.700. The van der Waals surface area contributed by atoms with Crippen molar-refractivity contribution in [3.63, 3.8) is 0 Å². The first-order chi connectivity index (χ1) is 5.22. The Hall–Kier alpha value is -1.10. The van der Waals surface area contributed by atoms with E-state index in [0.717, 1.165) is 5.69 Å². The molecule has 0 aromatic carbocycles. The average molecular weight is 172 g/mol. The highest BCUT2D eigenvalue weighted by Crippen LogP contribution is 2.13. The summed E-state index contributed by atoms with van der Waals surface area (Å²) in [6.07, 6.45) is -0.487. The molecule has 0 radical (unpaired) electrons. The van der Waals surface area contributed by atoms with Gasteiger partial charge in [0, 0.05) is 5.38 Å². The Labute approximate surface area is 68.2 Å². The minimum absolute atomic E-state index is 0.487. The third-order valence-electron chi connectivity index (χ3n) is 1.01. The number of carbonyl (C=O) groups is 1. The molecule has 1 heterocycles. The van der Waals surface area contributed by atoms with Gasteiger partial charge < -0.3 is 4.74 Å². The van der Waals surface area contributed by atoms with Gasteiger partial charge in [-0.15, -0.1) is 11.3 Å². The molecule has 0 aliphatic rings. The minimum Gasteiger partial charge on any atom is -0.453 e. The number of aryl methyl sites for hydroxylation is 1. The van der Waals surface area contributed by atoms with Crippen LogP contribution in [0, 0.1) is 6.92 Å². The monoisotopic (exact) mass is 172 g/mol. The van der Waals surface area contributed by atoms with Crippen LogP contribution in [0.4, 0.5) is 9.93 Å². The van der Waals surface area contributed by atoms with E-state index in [-0.39, 0.29) is 0 Å². The SMILES string of the molecule is COC(=O)Nc1nc(C)cs1. The van der Waals surface area contributed by atoms with E-state index in [1.807, 2.05) is 12.3 Å². The van der Waals surface area contributed by atoms with Gasteiger partial charge in [0.2, 0.25) is 0 Å². The van der Waals surface area contributed by atoms with Crippen LogP contribution in [0.15, 0.2) is 5.38 Å². The van der Waals surface area contributed by atoms with Crippen molar-refractivity contribution in [2.24, 2.45) is 0 Å². The molecule has 0 atom stereocenters. The van der Waals surface area contributed by atoms with Gasteiger partial charge in [-0.2, -0.15) is 0 Å². The Morgan fingerprint density at radius 2 is 2.55 bits per heavy atom. The Kier molecular flexibility index (Phi) is 2.43. The number of hydrogen-bond donors (Lipinski definition) is 1. The fourth-order valence-electron chi connectivity index (χ4n) is 0.550. The van der Waals surface area contributed by atoms with E-state index < -0.39 is 6.09 Å². The normalized spacial score (nSPS) is 9.27. The molecule has 0 bridgehead atoms. The van der Waals surface area contributed by atoms with Crippen molar-refractivity contribution in [1.29, 1.82) is 0 Å². The van der Waals surface area contributed by atoms with Crippen LogP contribution in [-0.2, 0) is 4.74 Å². The number of thiazole rings is 1. The van der Waals surface area contributed by atoms with Gasteiger partial charge in [-0.3, -0.25) is 5.32 Å². The second-order valence-electron chi connectivity index (χ2n) is 1.91. The van der Waals surface area contributed by atoms with E-state index in [1.165, 1.54) is 18.4 Å². The summed E-state index contributed by atoms with van der Waals surface area (Å²) in [5.74, 6) is 0. The molecule has 1 aromatic rings. The van der Waals surface area contributed by atoms with Crippen molar-refractivity contribution in [3.05, 3.63) is 11.1 Å². The van der Waals surface area contributed by atoms with Crippen LogP contribution in [0.1, 0.15) is 5.69 Å². The lowest BCUT2D eigenvalue weighted by Crippen LogP contribution is -2.10. The van der Waals surface area contributed by atoms with Gasteiger partial charge in [-0.1, -0.05) is 0 Å². The molecular weight excluding hydrogens is 164 g/mol. The second-order valence-corrected chi connectivity index (χ2v) is 2.77. The Balaban J connectivity index is 2.57. The molecule has 0 saturated heterocycles. The van der Waals surface area contributed by atoms with Crippen LogP contribution >= 0.6 is 11.3 Å². The zero-order valence-corrected chi connectivity index (χ0v) is 7.07. The fourth-order valence-corrected chi connectivity index (χ4v) is 1.22. The second kappa shape index (κ2) is 3.34. The van der Waals surface area contributed by atoms with E-state index in [1.54, 1.807) is 0 Å². The number of anilines is 1. The summed E-state index contributed by atoms with van der Waals surface area (Å²) in [6, 6.07) is 0. The van der Waals surface area contributed by atoms with Gasteiger partial charge in [0.25, 0.3) is 0 Å². The summed E-state index contributed by atoms with van der Waals surface area (Å²) in [7, 11) is 1.32. The number of methoxy groups -OCH3 is 1. The molecule has 1 rings (SSSR count). The minimum atomic E-state index is -0.487. The van der Waals surface area contributed by atoms with Crippen molar-refractivity contribution in [3.8, 4) is 0 Å². The Morgan fingerprint density at radius 3 is 3.00 bits per heavy atom. The van der Waals surface area contributed by atoms with Crippen LogP contribution in [0.3, 0.4) is 0 Å². The molecular formula is C6H8N2O2S. The third kappa shape index (κ3) is 2.19. The van der Waals surface area contributed by atoms with Gasteiger partial charge in [-0.05, 0) is 6.92 Å². The maximum absolute atomic E-state index is 10.6. The summed E-state index contributed by atoms with van der Waals surface area (Å²) in [6.45, 7) is 1.86. The highest BCUT2D eigenvalue weighted by atomic mass is 32.1. The number of rotatable bonds is 1. The van der Waals surface area contributed by atoms with E-state index in [9.17, 15) is 4.79 Å². The molecule has 11 heavy (non-hydrogen) atoms. The summed E-state index contributed by atoms with van der Waals surface area (Å²) in [5, 5.41) is 4.88. The van der Waals surface area contributed by atoms with Gasteiger partial charge in [0.1, 0.15) is 0 Å². The predicted octanol–water partition coefficient (Wildman–Crippen LogP) is 1.63. The maximum atomic E-state index is 10.6. The molecule has 1 N–H and O–H groups in total. The van der Waals surface area contributed by atoms with Crippen LogP contribution < -0.4 is 5.32 Å². The zero-order valence-electron chi connectivity index (χ0n) is 6.25. The molecule has 0 fully saturated rings. The molecule has 0 aliphatic carbocycles. The molecule has 0 saturated carbocycles. The smallest absolute Gasteiger partial charge is 0.413 e. The molecule has 5 heteroatoms. The van der Waals surface area contributed by atoms with Crippen molar-refractivity contribution in [2.45, 2.75) is 6.92 Å². The molecule has 60 valence electrons. The molecule has 1 aromatic heterocycles. The highest BCUT2D eigenvalue weighted by molar-refractivity contribution is 7.13. The summed E-state index contributed by atoms with van der Waals surface area (Å²) < 4.78 is 4.38. The molecule has 0 aliphatic heterocycles. The van der Waals surface area contributed by atoms with Crippen LogP contribution in [0.5, 0.6) is 0 Å². The lowest BCUT2D eigenvalue weighted by molar-refractivity contribution is 0.187. The van der Waals surface area contributed by atoms with E-state index >= 15 is 0 Å². The van der Waals surface area contributed by atoms with Crippen LogP contribution in [0.25, 0.3) is 0 Å². The van der Waals surface area contributed by atoms with E-state index in [2.05, 4.69) is 15.0 Å². The maximum Gasteiger partial charge on any atom is 0.413 e. The zero-order chi connectivity index (χ0) is 8.27. The van der Waals surface area contributed by atoms with Gasteiger partial charge in [0.15, 0.2) is 5.13 Å². The Bertz CT molecular complexity index is 259. The molecule has 0 unspecified atom stereocenters. The number of nitrogens with zero attached hydrogens (tertiary/aromatic N) is 1. The number of hydrogen-bond acceptors (Lipinski definition) is 4. The first-order valence-corrected chi connectivity index (χ1v) is 3.87. The van der Waals surface area contributed by atoms with Gasteiger partial charge in [0.05, 0.1) is 12.8 Å². The third-order valence-corrected chi connectivity index (χ3v) is 1.89. The molecule has 1 amide bonds. The standard InChI is InChI=1S/C6H8N2O2S/c1-4-3-11-5(7-4)8-6(9)10-2/h3H,1-2H3,(H,7,8,9). The largest absolute Gasteiger partial charge is 0.453 e. The van der Waals surface area contributed by atoms with E-state index in [0.29, 0.717) is 5.13 Å². The average Bonchev–Trinajstić information content (AvgIpc) is 2.35. The molecule has 4 nitrogen and oxygen atoms in total. The van der Waals surface area contributed by atoms with Crippen LogP contribution in [0.2, 0.25) is 0 Å². The summed E-state index contributed by atoms with van der Waals surface area (Å²) >= 11 is 1.37. The van der Waals surface area contributed by atoms with Gasteiger partial charge in [-0.25, -0.2) is 9.78 Å². The molecule has 0 spiro atoms. The van der Waals surface area contributed by atoms with Crippen LogP contribution in [-0.4, -0.2) is 18.2 Å². The first-order valence-electron chi connectivity index (χ1n) is 2.99. The predicted molar refractivity (Wildman–Crippen MR) is 42.9 cm³/mol. The Morgan fingerprint density at radius 1 is 1.82 bits per heavy atom.